The summed E-state index contributed by atoms with van der Waals surface area (Å²) in [7, 11) is -3.91. The second kappa shape index (κ2) is 6.49. The van der Waals surface area contributed by atoms with E-state index in [4.69, 9.17) is 9.66 Å². The van der Waals surface area contributed by atoms with Crippen LogP contribution in [0.2, 0.25) is 0 Å². The molecule has 0 fully saturated rings. The molecule has 0 saturated carbocycles. The first-order valence-corrected chi connectivity index (χ1v) is 4.70. The summed E-state index contributed by atoms with van der Waals surface area (Å²) in [4.78, 5) is 9.91. The molecule has 0 radical (unpaired) electrons. The van der Waals surface area contributed by atoms with Gasteiger partial charge in [0.1, 0.15) is 0 Å². The fraction of sp³-hybridized carbons (Fsp3) is 0.800. The molecule has 7 heteroatoms. The van der Waals surface area contributed by atoms with Gasteiger partial charge in [-0.05, 0) is 12.8 Å². The van der Waals surface area contributed by atoms with Gasteiger partial charge in [0.15, 0.2) is 0 Å². The summed E-state index contributed by atoms with van der Waals surface area (Å²) in [5.74, 6) is -1.32. The Bertz CT molecular complexity index is 222. The molecule has 0 bridgehead atoms. The van der Waals surface area contributed by atoms with E-state index in [2.05, 4.69) is 0 Å². The van der Waals surface area contributed by atoms with Crippen LogP contribution in [0.3, 0.4) is 0 Å². The molecule has 0 spiro atoms. The van der Waals surface area contributed by atoms with Crippen molar-refractivity contribution in [3.63, 3.8) is 0 Å². The molecule has 0 aromatic carbocycles. The zero-order valence-corrected chi connectivity index (χ0v) is 6.67. The molecule has 0 aromatic heterocycles. The number of unbranched alkanes of at least 4 members (excludes halogenated alkanes) is 1. The Balaban J connectivity index is 0. The monoisotopic (exact) mass is 190 g/mol. The van der Waals surface area contributed by atoms with Crippen molar-refractivity contribution in [2.24, 2.45) is 0 Å². The molecule has 0 aliphatic heterocycles. The van der Waals surface area contributed by atoms with Gasteiger partial charge in [-0.15, -0.1) is 0 Å². The topological polar surface area (TPSA) is 91.7 Å². The number of carboxylic acids is 1. The third-order valence-corrected chi connectivity index (χ3v) is 1.85. The summed E-state index contributed by atoms with van der Waals surface area (Å²) in [6.45, 7) is 0. The van der Waals surface area contributed by atoms with E-state index < -0.39 is 16.1 Å². The van der Waals surface area contributed by atoms with Gasteiger partial charge in [0, 0.05) is 6.42 Å². The van der Waals surface area contributed by atoms with Gasteiger partial charge in [-0.3, -0.25) is 9.35 Å². The fourth-order valence-corrected chi connectivity index (χ4v) is 1.13. The van der Waals surface area contributed by atoms with Crippen LogP contribution in [0.25, 0.3) is 0 Å². The second-order valence-corrected chi connectivity index (χ2v) is 3.71. The molecule has 0 unspecified atom stereocenters. The van der Waals surface area contributed by atoms with Crippen LogP contribution in [-0.2, 0) is 14.9 Å². The maximum atomic E-state index is 10.1. The second-order valence-electron chi connectivity index (χ2n) is 2.14. The number of carboxylic acid groups (broad SMARTS) is 1. The molecule has 0 saturated heterocycles. The van der Waals surface area contributed by atoms with E-state index in [-0.39, 0.29) is 43.9 Å². The zero-order chi connectivity index (χ0) is 8.91. The van der Waals surface area contributed by atoms with Crippen molar-refractivity contribution in [3.8, 4) is 0 Å². The summed E-state index contributed by atoms with van der Waals surface area (Å²) in [6, 6.07) is 0. The summed E-state index contributed by atoms with van der Waals surface area (Å²) < 4.78 is 28.4. The SMILES string of the molecule is O=C(O)CCCCS(=O)(=O)O.[LiH]. The minimum atomic E-state index is -3.91. The molecule has 0 aliphatic rings. The van der Waals surface area contributed by atoms with Crippen LogP contribution in [0.15, 0.2) is 0 Å². The summed E-state index contributed by atoms with van der Waals surface area (Å²) in [5.41, 5.74) is 0. The van der Waals surface area contributed by atoms with Crippen molar-refractivity contribution in [1.29, 1.82) is 0 Å². The predicted octanol–water partition coefficient (Wildman–Crippen LogP) is -0.519. The van der Waals surface area contributed by atoms with Gasteiger partial charge < -0.3 is 5.11 Å². The van der Waals surface area contributed by atoms with E-state index in [1.165, 1.54) is 0 Å². The van der Waals surface area contributed by atoms with Gasteiger partial charge in [0.25, 0.3) is 10.1 Å². The number of hydrogen-bond donors (Lipinski definition) is 2. The van der Waals surface area contributed by atoms with Crippen LogP contribution in [0.1, 0.15) is 19.3 Å². The van der Waals surface area contributed by atoms with E-state index in [0.29, 0.717) is 0 Å². The van der Waals surface area contributed by atoms with Gasteiger partial charge >= 0.3 is 24.8 Å². The molecular weight excluding hydrogens is 179 g/mol. The summed E-state index contributed by atoms with van der Waals surface area (Å²) in [6.07, 6.45) is 0.399. The first kappa shape index (κ1) is 14.5. The quantitative estimate of drug-likeness (QED) is 0.346. The molecule has 0 rings (SSSR count). The van der Waals surface area contributed by atoms with E-state index in [9.17, 15) is 13.2 Å². The van der Waals surface area contributed by atoms with Gasteiger partial charge in [-0.1, -0.05) is 0 Å². The standard InChI is InChI=1S/C5H10O5S.Li.H/c6-5(7)3-1-2-4-11(8,9)10;;/h1-4H2,(H,6,7)(H,8,9,10);;. The number of aliphatic carboxylic acids is 1. The van der Waals surface area contributed by atoms with Crippen molar-refractivity contribution in [2.75, 3.05) is 5.75 Å². The van der Waals surface area contributed by atoms with Gasteiger partial charge in [0.2, 0.25) is 0 Å². The van der Waals surface area contributed by atoms with Crippen molar-refractivity contribution in [1.82, 2.24) is 0 Å². The van der Waals surface area contributed by atoms with E-state index in [1.54, 1.807) is 0 Å². The number of rotatable bonds is 5. The first-order chi connectivity index (χ1) is 4.92. The van der Waals surface area contributed by atoms with Gasteiger partial charge in [-0.2, -0.15) is 8.42 Å². The van der Waals surface area contributed by atoms with Crippen LogP contribution in [0.5, 0.6) is 0 Å². The van der Waals surface area contributed by atoms with E-state index in [0.717, 1.165) is 0 Å². The molecule has 0 amide bonds. The van der Waals surface area contributed by atoms with Crippen molar-refractivity contribution in [3.05, 3.63) is 0 Å². The average Bonchev–Trinajstić information content (AvgIpc) is 1.78. The molecule has 0 atom stereocenters. The van der Waals surface area contributed by atoms with Gasteiger partial charge in [-0.25, -0.2) is 0 Å². The van der Waals surface area contributed by atoms with E-state index in [1.807, 2.05) is 0 Å². The Hall–Kier alpha value is -0.0226. The Kier molecular flexibility index (Phi) is 7.84. The fourth-order valence-electron chi connectivity index (χ4n) is 0.561. The Morgan fingerprint density at radius 2 is 1.75 bits per heavy atom. The Labute approximate surface area is 83.1 Å². The molecule has 0 aromatic rings. The van der Waals surface area contributed by atoms with Crippen LogP contribution < -0.4 is 0 Å². The molecular formula is C5H11LiO5S. The van der Waals surface area contributed by atoms with Crippen molar-refractivity contribution >= 4 is 34.9 Å². The molecule has 68 valence electrons. The number of hydrogen-bond acceptors (Lipinski definition) is 3. The molecule has 2 N–H and O–H groups in total. The normalized spacial score (nSPS) is 10.4. The maximum absolute atomic E-state index is 10.1. The molecule has 0 aliphatic carbocycles. The van der Waals surface area contributed by atoms with Crippen LogP contribution in [0, 0.1) is 0 Å². The average molecular weight is 190 g/mol. The predicted molar refractivity (Wildman–Crippen MR) is 45.1 cm³/mol. The molecule has 5 nitrogen and oxygen atoms in total. The van der Waals surface area contributed by atoms with Crippen molar-refractivity contribution < 1.29 is 22.9 Å². The van der Waals surface area contributed by atoms with Gasteiger partial charge in [0.05, 0.1) is 5.75 Å². The molecule has 12 heavy (non-hydrogen) atoms. The van der Waals surface area contributed by atoms with Crippen LogP contribution in [0.4, 0.5) is 0 Å². The van der Waals surface area contributed by atoms with E-state index >= 15 is 0 Å². The van der Waals surface area contributed by atoms with Crippen LogP contribution >= 0.6 is 0 Å². The summed E-state index contributed by atoms with van der Waals surface area (Å²) >= 11 is 0. The Morgan fingerprint density at radius 3 is 2.08 bits per heavy atom. The third-order valence-electron chi connectivity index (χ3n) is 1.04. The molecule has 0 heterocycles. The zero-order valence-electron chi connectivity index (χ0n) is 5.86. The minimum absolute atomic E-state index is 0. The Morgan fingerprint density at radius 1 is 1.25 bits per heavy atom. The first-order valence-electron chi connectivity index (χ1n) is 3.09. The third kappa shape index (κ3) is 12.6. The van der Waals surface area contributed by atoms with Crippen LogP contribution in [-0.4, -0.2) is 48.7 Å². The number of carbonyl (C=O) groups is 1. The van der Waals surface area contributed by atoms with Crippen molar-refractivity contribution in [2.45, 2.75) is 19.3 Å². The summed E-state index contributed by atoms with van der Waals surface area (Å²) in [5, 5.41) is 8.13.